The lowest BCUT2D eigenvalue weighted by Crippen LogP contribution is -2.71. The summed E-state index contributed by atoms with van der Waals surface area (Å²) in [5.41, 5.74) is 5.96. The Hall–Kier alpha value is -7.57. The number of nitrogens with one attached hydrogen (secondary N) is 2. The van der Waals surface area contributed by atoms with Crippen molar-refractivity contribution in [2.45, 2.75) is 159 Å². The van der Waals surface area contributed by atoms with Gasteiger partial charge in [0, 0.05) is 20.8 Å². The first kappa shape index (κ1) is 67.3. The summed E-state index contributed by atoms with van der Waals surface area (Å²) in [5, 5.41) is 18.7. The second kappa shape index (κ2) is 34.9. The van der Waals surface area contributed by atoms with E-state index in [0.29, 0.717) is 0 Å². The molecule has 0 spiro atoms. The van der Waals surface area contributed by atoms with Crippen LogP contribution in [0.15, 0.2) is 212 Å². The fourth-order valence-electron chi connectivity index (χ4n) is 11.5. The smallest absolute Gasteiger partial charge is 0.303 e. The number of rotatable bonds is 31. The zero-order chi connectivity index (χ0) is 63.9. The van der Waals surface area contributed by atoms with E-state index < -0.39 is 110 Å². The predicted octanol–water partition coefficient (Wildman–Crippen LogP) is 8.86. The van der Waals surface area contributed by atoms with Crippen LogP contribution in [-0.4, -0.2) is 135 Å². The Bertz CT molecular complexity index is 3270. The first-order chi connectivity index (χ1) is 45.0. The lowest BCUT2D eigenvalue weighted by molar-refractivity contribution is -0.373. The molecule has 3 aliphatic rings. The molecule has 3 heterocycles. The average molecular weight is 1260 g/mol. The normalized spacial score (nSPS) is 26.3. The highest BCUT2D eigenvalue weighted by Gasteiger charge is 2.57. The van der Waals surface area contributed by atoms with Gasteiger partial charge < -0.3 is 77.3 Å². The second-order valence-electron chi connectivity index (χ2n) is 22.9. The van der Waals surface area contributed by atoms with Crippen molar-refractivity contribution in [1.82, 2.24) is 10.6 Å². The van der Waals surface area contributed by atoms with Crippen molar-refractivity contribution in [3.63, 3.8) is 0 Å². The molecule has 0 radical (unpaired) electrons. The van der Waals surface area contributed by atoms with Gasteiger partial charge in [0.2, 0.25) is 11.8 Å². The van der Waals surface area contributed by atoms with Crippen molar-refractivity contribution in [3.8, 4) is 0 Å². The van der Waals surface area contributed by atoms with Crippen molar-refractivity contribution in [2.75, 3.05) is 19.8 Å². The van der Waals surface area contributed by atoms with Crippen LogP contribution in [0.2, 0.25) is 0 Å². The zero-order valence-electron chi connectivity index (χ0n) is 51.9. The van der Waals surface area contributed by atoms with Gasteiger partial charge in [-0.05, 0) is 38.9 Å². The van der Waals surface area contributed by atoms with E-state index in [0.717, 1.165) is 38.9 Å². The Morgan fingerprint density at radius 2 is 0.630 bits per heavy atom. The fraction of sp³-hybridized carbons (Fsp3) is 0.384. The molecule has 7 aromatic carbocycles. The molecule has 3 saturated heterocycles. The summed E-state index contributed by atoms with van der Waals surface area (Å²) in [6.45, 7) is 4.47. The van der Waals surface area contributed by atoms with Gasteiger partial charge in [0.15, 0.2) is 25.0 Å². The van der Waals surface area contributed by atoms with Crippen molar-refractivity contribution in [2.24, 2.45) is 0 Å². The Balaban J connectivity index is 1.04. The number of hydrogen-bond donors (Lipinski definition) is 3. The van der Waals surface area contributed by atoms with Crippen molar-refractivity contribution >= 4 is 17.8 Å². The van der Waals surface area contributed by atoms with E-state index in [4.69, 9.17) is 61.6 Å². The standard InChI is InChI=1S/C73H82N2O17/c1-49(76)74-62-67(84-43-56-33-19-8-20-34-56)65(87-51(3)78)60(47-81-40-53-27-13-5-14-28-53)89-72(62)91-66-61(48-82-41-54-29-15-6-16-30-54)90-73(63(75-50(2)77)68(66)85-44-57-35-21-9-22-36-57)92-70-69(86-45-58-37-23-10-24-38-58)64(83-42-55-31-17-7-18-32-55)59(88-71(70)79)46-80-39-52-25-11-4-12-26-52/h4-38,59-73,79H,39-48H2,1-3H3,(H,74,76)(H,75,77)/t59-,60-,61-,62-,63-,64-,65+,66-,67-,68-,69+,70+,71+,72+,73+/m1/s1. The number of ether oxygens (including phenoxy) is 13. The molecule has 0 aromatic heterocycles. The van der Waals surface area contributed by atoms with Crippen LogP contribution in [0.25, 0.3) is 0 Å². The monoisotopic (exact) mass is 1260 g/mol. The third-order valence-electron chi connectivity index (χ3n) is 15.8. The third-order valence-corrected chi connectivity index (χ3v) is 15.8. The van der Waals surface area contributed by atoms with E-state index in [1.165, 1.54) is 20.8 Å². The molecule has 0 saturated carbocycles. The summed E-state index contributed by atoms with van der Waals surface area (Å²) < 4.78 is 88.3. The molecule has 7 aromatic rings. The maximum absolute atomic E-state index is 13.9. The minimum Gasteiger partial charge on any atom is -0.457 e. The minimum absolute atomic E-state index is 0.00444. The summed E-state index contributed by atoms with van der Waals surface area (Å²) in [5.74, 6) is -1.59. The number of amides is 2. The molecule has 0 aliphatic carbocycles. The number of aliphatic hydroxyl groups is 1. The van der Waals surface area contributed by atoms with Crippen LogP contribution < -0.4 is 10.6 Å². The molecule has 0 unspecified atom stereocenters. The minimum atomic E-state index is -1.70. The van der Waals surface area contributed by atoms with Gasteiger partial charge in [-0.1, -0.05) is 212 Å². The quantitative estimate of drug-likeness (QED) is 0.0346. The highest BCUT2D eigenvalue weighted by molar-refractivity contribution is 5.74. The molecule has 3 aliphatic heterocycles. The van der Waals surface area contributed by atoms with Crippen molar-refractivity contribution < 1.29 is 81.1 Å². The maximum atomic E-state index is 13.9. The van der Waals surface area contributed by atoms with Crippen LogP contribution in [0.5, 0.6) is 0 Å². The summed E-state index contributed by atoms with van der Waals surface area (Å²) in [6.07, 6.45) is -15.9. The van der Waals surface area contributed by atoms with Crippen molar-refractivity contribution in [1.29, 1.82) is 0 Å². The molecule has 486 valence electrons. The number of aliphatic hydroxyl groups excluding tert-OH is 1. The Morgan fingerprint density at radius 1 is 0.348 bits per heavy atom. The maximum Gasteiger partial charge on any atom is 0.303 e. The van der Waals surface area contributed by atoms with Crippen LogP contribution in [0.3, 0.4) is 0 Å². The lowest BCUT2D eigenvalue weighted by atomic mass is 9.93. The lowest BCUT2D eigenvalue weighted by Gasteiger charge is -2.51. The van der Waals surface area contributed by atoms with Gasteiger partial charge in [-0.2, -0.15) is 0 Å². The van der Waals surface area contributed by atoms with E-state index >= 15 is 0 Å². The molecule has 10 rings (SSSR count). The van der Waals surface area contributed by atoms with Crippen molar-refractivity contribution in [3.05, 3.63) is 251 Å². The molecule has 19 heteroatoms. The van der Waals surface area contributed by atoms with Gasteiger partial charge in [-0.15, -0.1) is 0 Å². The highest BCUT2D eigenvalue weighted by Crippen LogP contribution is 2.38. The molecular weight excluding hydrogens is 1180 g/mol. The predicted molar refractivity (Wildman–Crippen MR) is 337 cm³/mol. The van der Waals surface area contributed by atoms with E-state index in [9.17, 15) is 19.5 Å². The molecule has 15 atom stereocenters. The van der Waals surface area contributed by atoms with E-state index in [1.807, 2.05) is 212 Å². The van der Waals surface area contributed by atoms with E-state index in [-0.39, 0.29) is 66.1 Å². The molecule has 3 N–H and O–H groups in total. The molecule has 2 amide bonds. The first-order valence-electron chi connectivity index (χ1n) is 31.1. The highest BCUT2D eigenvalue weighted by atomic mass is 16.8. The third kappa shape index (κ3) is 19.7. The number of hydrogen-bond acceptors (Lipinski definition) is 17. The largest absolute Gasteiger partial charge is 0.457 e. The molecule has 92 heavy (non-hydrogen) atoms. The topological polar surface area (TPSA) is 215 Å². The number of carbonyl (C=O) groups is 3. The van der Waals surface area contributed by atoms with Crippen LogP contribution in [0.1, 0.15) is 59.7 Å². The Kier molecular flexibility index (Phi) is 25.5. The SMILES string of the molecule is CC(=O)N[C@H]1[C@H](O[C@H]2[C@H](OCc3ccccc3)[C@@H](NC(C)=O)[C@H](O[C@H]3[C@@H](OCc4ccccc4)[C@H](OCc4ccccc4)[C@@H](COCc4ccccc4)O[C@@H]3O)O[C@@H]2COCc2ccccc2)O[C@H](COCc2ccccc2)[C@H](OC(C)=O)[C@@H]1OCc1ccccc1. The van der Waals surface area contributed by atoms with E-state index in [1.54, 1.807) is 0 Å². The zero-order valence-corrected chi connectivity index (χ0v) is 51.9. The first-order valence-corrected chi connectivity index (χ1v) is 31.1. The van der Waals surface area contributed by atoms with Crippen LogP contribution in [-0.2, 0) is 122 Å². The van der Waals surface area contributed by atoms with E-state index in [2.05, 4.69) is 10.6 Å². The van der Waals surface area contributed by atoms with Crippen LogP contribution >= 0.6 is 0 Å². The van der Waals surface area contributed by atoms with Gasteiger partial charge >= 0.3 is 5.97 Å². The number of carbonyl (C=O) groups excluding carboxylic acids is 3. The van der Waals surface area contributed by atoms with Gasteiger partial charge in [0.25, 0.3) is 0 Å². The number of benzene rings is 7. The van der Waals surface area contributed by atoms with Gasteiger partial charge in [0.1, 0.15) is 67.0 Å². The summed E-state index contributed by atoms with van der Waals surface area (Å²) in [6, 6.07) is 64.5. The summed E-state index contributed by atoms with van der Waals surface area (Å²) >= 11 is 0. The molecule has 3 fully saturated rings. The Morgan fingerprint density at radius 3 is 0.967 bits per heavy atom. The van der Waals surface area contributed by atoms with Gasteiger partial charge in [0.05, 0.1) is 66.1 Å². The summed E-state index contributed by atoms with van der Waals surface area (Å²) in [4.78, 5) is 40.8. The summed E-state index contributed by atoms with van der Waals surface area (Å²) in [7, 11) is 0. The van der Waals surface area contributed by atoms with Crippen LogP contribution in [0.4, 0.5) is 0 Å². The Labute approximate surface area is 537 Å². The molecule has 19 nitrogen and oxygen atoms in total. The molecular formula is C73H82N2O17. The van der Waals surface area contributed by atoms with Crippen LogP contribution in [0, 0.1) is 0 Å². The van der Waals surface area contributed by atoms with Gasteiger partial charge in [-0.25, -0.2) is 0 Å². The number of esters is 1. The molecule has 0 bridgehead atoms. The fourth-order valence-corrected chi connectivity index (χ4v) is 11.5. The van der Waals surface area contributed by atoms with Gasteiger partial charge in [-0.3, -0.25) is 14.4 Å². The average Bonchev–Trinajstić information content (AvgIpc) is 0.778. The second-order valence-corrected chi connectivity index (χ2v) is 22.9.